The molecule has 0 unspecified atom stereocenters. The zero-order valence-corrected chi connectivity index (χ0v) is 8.65. The third-order valence-corrected chi connectivity index (χ3v) is 2.28. The maximum Gasteiger partial charge on any atom is 0.310 e. The van der Waals surface area contributed by atoms with Crippen LogP contribution in [-0.4, -0.2) is 19.9 Å². The average molecular weight is 219 g/mol. The highest BCUT2D eigenvalue weighted by Gasteiger charge is 2.18. The Morgan fingerprint density at radius 3 is 2.81 bits per heavy atom. The van der Waals surface area contributed by atoms with Crippen LogP contribution in [0.4, 0.5) is 0 Å². The molecule has 0 N–H and O–H groups in total. The lowest BCUT2D eigenvalue weighted by molar-refractivity contribution is -0.139. The number of carbonyl (C=O) groups is 1. The molecule has 0 aromatic heterocycles. The van der Waals surface area contributed by atoms with E-state index in [0.29, 0.717) is 22.6 Å². The number of hydrogen-bond donors (Lipinski definition) is 0. The van der Waals surface area contributed by atoms with Crippen molar-refractivity contribution < 1.29 is 19.0 Å². The second-order valence-electron chi connectivity index (χ2n) is 3.23. The van der Waals surface area contributed by atoms with E-state index in [1.807, 2.05) is 6.07 Å². The number of methoxy groups -OCH3 is 1. The Morgan fingerprint density at radius 2 is 2.19 bits per heavy atom. The molecule has 1 aliphatic heterocycles. The lowest BCUT2D eigenvalue weighted by Crippen LogP contribution is -2.06. The van der Waals surface area contributed by atoms with Crippen LogP contribution >= 0.6 is 0 Å². The monoisotopic (exact) mass is 219 g/mol. The number of esters is 1. The van der Waals surface area contributed by atoms with Gasteiger partial charge in [0.05, 0.1) is 25.2 Å². The number of nitrogens with zero attached hydrogens (tertiary/aromatic N) is 1. The Kier molecular flexibility index (Phi) is 2.64. The average Bonchev–Trinajstić information content (AvgIpc) is 2.74. The van der Waals surface area contributed by atoms with E-state index in [-0.39, 0.29) is 13.2 Å². The molecule has 0 spiro atoms. The molecule has 82 valence electrons. The first-order valence-electron chi connectivity index (χ1n) is 4.64. The SMILES string of the molecule is COC(=O)Cc1cc2c(cc1C#N)OCO2. The fraction of sp³-hybridized carbons (Fsp3) is 0.273. The summed E-state index contributed by atoms with van der Waals surface area (Å²) in [5, 5.41) is 8.94. The Labute approximate surface area is 92.1 Å². The molecular formula is C11H9NO4. The van der Waals surface area contributed by atoms with Gasteiger partial charge >= 0.3 is 5.97 Å². The maximum absolute atomic E-state index is 11.1. The standard InChI is InChI=1S/C11H9NO4/c1-14-11(13)4-7-2-9-10(16-6-15-9)3-8(7)5-12/h2-3H,4,6H2,1H3. The molecule has 0 amide bonds. The topological polar surface area (TPSA) is 68.6 Å². The van der Waals surface area contributed by atoms with Crippen LogP contribution in [0, 0.1) is 11.3 Å². The first-order chi connectivity index (χ1) is 7.74. The molecule has 2 rings (SSSR count). The third-order valence-electron chi connectivity index (χ3n) is 2.28. The number of ether oxygens (including phenoxy) is 3. The number of rotatable bonds is 2. The molecule has 0 fully saturated rings. The summed E-state index contributed by atoms with van der Waals surface area (Å²) in [6, 6.07) is 5.22. The zero-order valence-electron chi connectivity index (χ0n) is 8.65. The van der Waals surface area contributed by atoms with Crippen molar-refractivity contribution in [3.63, 3.8) is 0 Å². The van der Waals surface area contributed by atoms with Gasteiger partial charge in [0.25, 0.3) is 0 Å². The molecule has 1 heterocycles. The number of benzene rings is 1. The Bertz CT molecular complexity index is 476. The molecule has 1 aromatic carbocycles. The minimum atomic E-state index is -0.393. The minimum absolute atomic E-state index is 0.0516. The van der Waals surface area contributed by atoms with Crippen LogP contribution in [-0.2, 0) is 16.0 Å². The van der Waals surface area contributed by atoms with Gasteiger partial charge in [-0.1, -0.05) is 0 Å². The molecule has 5 nitrogen and oxygen atoms in total. The summed E-state index contributed by atoms with van der Waals surface area (Å²) in [7, 11) is 1.31. The molecule has 1 aromatic rings. The van der Waals surface area contributed by atoms with Gasteiger partial charge in [-0.05, 0) is 11.6 Å². The molecule has 0 saturated heterocycles. The van der Waals surface area contributed by atoms with Crippen LogP contribution in [0.2, 0.25) is 0 Å². The van der Waals surface area contributed by atoms with Crippen molar-refractivity contribution in [2.45, 2.75) is 6.42 Å². The van der Waals surface area contributed by atoms with E-state index in [1.54, 1.807) is 12.1 Å². The summed E-state index contributed by atoms with van der Waals surface area (Å²) in [5.41, 5.74) is 0.980. The van der Waals surface area contributed by atoms with Gasteiger partial charge in [-0.3, -0.25) is 4.79 Å². The molecule has 5 heteroatoms. The first kappa shape index (κ1) is 10.3. The van der Waals surface area contributed by atoms with E-state index >= 15 is 0 Å². The molecule has 0 saturated carbocycles. The predicted octanol–water partition coefficient (Wildman–Crippen LogP) is 1.00. The van der Waals surface area contributed by atoms with Crippen molar-refractivity contribution in [3.05, 3.63) is 23.3 Å². The van der Waals surface area contributed by atoms with Crippen molar-refractivity contribution in [3.8, 4) is 17.6 Å². The predicted molar refractivity (Wildman–Crippen MR) is 53.0 cm³/mol. The lowest BCUT2D eigenvalue weighted by atomic mass is 10.0. The molecule has 0 atom stereocenters. The first-order valence-corrected chi connectivity index (χ1v) is 4.64. The molecular weight excluding hydrogens is 210 g/mol. The number of hydrogen-bond acceptors (Lipinski definition) is 5. The minimum Gasteiger partial charge on any atom is -0.469 e. The van der Waals surface area contributed by atoms with E-state index in [9.17, 15) is 4.79 Å². The molecule has 16 heavy (non-hydrogen) atoms. The zero-order chi connectivity index (χ0) is 11.5. The summed E-state index contributed by atoms with van der Waals surface area (Å²) < 4.78 is 14.9. The number of fused-ring (bicyclic) bond motifs is 1. The fourth-order valence-corrected chi connectivity index (χ4v) is 1.46. The Hall–Kier alpha value is -2.22. The largest absolute Gasteiger partial charge is 0.469 e. The molecule has 0 bridgehead atoms. The molecule has 1 aliphatic rings. The van der Waals surface area contributed by atoms with E-state index < -0.39 is 5.97 Å². The van der Waals surface area contributed by atoms with Crippen LogP contribution < -0.4 is 9.47 Å². The van der Waals surface area contributed by atoms with Gasteiger partial charge in [-0.2, -0.15) is 5.26 Å². The summed E-state index contributed by atoms with van der Waals surface area (Å²) in [6.45, 7) is 0.141. The van der Waals surface area contributed by atoms with E-state index in [4.69, 9.17) is 14.7 Å². The Balaban J connectivity index is 2.37. The summed E-state index contributed by atoms with van der Waals surface area (Å²) >= 11 is 0. The summed E-state index contributed by atoms with van der Waals surface area (Å²) in [5.74, 6) is 0.693. The molecule has 0 radical (unpaired) electrons. The summed E-state index contributed by atoms with van der Waals surface area (Å²) in [6.07, 6.45) is 0.0516. The van der Waals surface area contributed by atoms with Gasteiger partial charge < -0.3 is 14.2 Å². The third kappa shape index (κ3) is 1.77. The van der Waals surface area contributed by atoms with E-state index in [1.165, 1.54) is 7.11 Å². The van der Waals surface area contributed by atoms with Gasteiger partial charge in [-0.25, -0.2) is 0 Å². The van der Waals surface area contributed by atoms with Gasteiger partial charge in [0, 0.05) is 6.07 Å². The fourth-order valence-electron chi connectivity index (χ4n) is 1.46. The van der Waals surface area contributed by atoms with Crippen molar-refractivity contribution in [1.82, 2.24) is 0 Å². The highest BCUT2D eigenvalue weighted by Crippen LogP contribution is 2.34. The molecule has 0 aliphatic carbocycles. The van der Waals surface area contributed by atoms with Gasteiger partial charge in [-0.15, -0.1) is 0 Å². The van der Waals surface area contributed by atoms with Crippen molar-refractivity contribution >= 4 is 5.97 Å². The highest BCUT2D eigenvalue weighted by atomic mass is 16.7. The second kappa shape index (κ2) is 4.11. The van der Waals surface area contributed by atoms with Crippen LogP contribution in [0.1, 0.15) is 11.1 Å². The van der Waals surface area contributed by atoms with Crippen LogP contribution in [0.5, 0.6) is 11.5 Å². The number of carbonyl (C=O) groups excluding carboxylic acids is 1. The van der Waals surface area contributed by atoms with Crippen LogP contribution in [0.15, 0.2) is 12.1 Å². The Morgan fingerprint density at radius 1 is 1.50 bits per heavy atom. The lowest BCUT2D eigenvalue weighted by Gasteiger charge is -2.04. The van der Waals surface area contributed by atoms with Crippen molar-refractivity contribution in [2.24, 2.45) is 0 Å². The van der Waals surface area contributed by atoms with Crippen molar-refractivity contribution in [2.75, 3.05) is 13.9 Å². The van der Waals surface area contributed by atoms with Crippen molar-refractivity contribution in [1.29, 1.82) is 5.26 Å². The van der Waals surface area contributed by atoms with E-state index in [0.717, 1.165) is 0 Å². The maximum atomic E-state index is 11.1. The van der Waals surface area contributed by atoms with Gasteiger partial charge in [0.2, 0.25) is 6.79 Å². The number of nitriles is 1. The quantitative estimate of drug-likeness (QED) is 0.694. The van der Waals surface area contributed by atoms with Crippen LogP contribution in [0.25, 0.3) is 0 Å². The van der Waals surface area contributed by atoms with Crippen LogP contribution in [0.3, 0.4) is 0 Å². The van der Waals surface area contributed by atoms with Gasteiger partial charge in [0.1, 0.15) is 0 Å². The smallest absolute Gasteiger partial charge is 0.310 e. The van der Waals surface area contributed by atoms with E-state index in [2.05, 4.69) is 4.74 Å². The second-order valence-corrected chi connectivity index (χ2v) is 3.23. The van der Waals surface area contributed by atoms with Gasteiger partial charge in [0.15, 0.2) is 11.5 Å². The highest BCUT2D eigenvalue weighted by molar-refractivity contribution is 5.74. The summed E-state index contributed by atoms with van der Waals surface area (Å²) in [4.78, 5) is 11.1. The normalized spacial score (nSPS) is 12.0.